The van der Waals surface area contributed by atoms with Crippen LogP contribution in [0.5, 0.6) is 0 Å². The summed E-state index contributed by atoms with van der Waals surface area (Å²) >= 11 is 0. The average Bonchev–Trinajstić information content (AvgIpc) is 2.25. The summed E-state index contributed by atoms with van der Waals surface area (Å²) in [6, 6.07) is 6.16. The van der Waals surface area contributed by atoms with Gasteiger partial charge >= 0.3 is 0 Å². The molecule has 1 aromatic rings. The Kier molecular flexibility index (Phi) is 3.17. The summed E-state index contributed by atoms with van der Waals surface area (Å²) in [5.41, 5.74) is 6.13. The van der Waals surface area contributed by atoms with Gasteiger partial charge in [0.2, 0.25) is 5.92 Å². The highest BCUT2D eigenvalue weighted by molar-refractivity contribution is 5.17. The summed E-state index contributed by atoms with van der Waals surface area (Å²) in [5, 5.41) is 0. The van der Waals surface area contributed by atoms with E-state index in [2.05, 4.69) is 0 Å². The first-order valence-corrected chi connectivity index (χ1v) is 5.77. The zero-order valence-corrected chi connectivity index (χ0v) is 9.56. The Hall–Kier alpha value is -1.03. The molecule has 2 N–H and O–H groups in total. The minimum absolute atomic E-state index is 0.113. The molecule has 4 heteroatoms. The first-order chi connectivity index (χ1) is 7.95. The Morgan fingerprint density at radius 1 is 1.12 bits per heavy atom. The molecule has 0 aromatic heterocycles. The van der Waals surface area contributed by atoms with Crippen molar-refractivity contribution in [3.05, 3.63) is 35.6 Å². The van der Waals surface area contributed by atoms with Crippen LogP contribution >= 0.6 is 0 Å². The van der Waals surface area contributed by atoms with Gasteiger partial charge in [0.25, 0.3) is 0 Å². The summed E-state index contributed by atoms with van der Waals surface area (Å²) in [4.78, 5) is 0. The maximum atomic E-state index is 12.9. The van der Waals surface area contributed by atoms with E-state index in [1.165, 1.54) is 12.1 Å². The van der Waals surface area contributed by atoms with Crippen molar-refractivity contribution in [3.63, 3.8) is 0 Å². The number of nitrogens with two attached hydrogens (primary N) is 1. The fourth-order valence-corrected chi connectivity index (χ4v) is 2.53. The van der Waals surface area contributed by atoms with Gasteiger partial charge in [-0.2, -0.15) is 0 Å². The van der Waals surface area contributed by atoms with Gasteiger partial charge in [-0.05, 0) is 42.5 Å². The molecule has 1 fully saturated rings. The van der Waals surface area contributed by atoms with Crippen molar-refractivity contribution in [2.45, 2.75) is 31.6 Å². The van der Waals surface area contributed by atoms with E-state index in [0.717, 1.165) is 5.56 Å². The molecule has 1 aliphatic rings. The zero-order chi connectivity index (χ0) is 12.5. The van der Waals surface area contributed by atoms with Crippen LogP contribution in [0.4, 0.5) is 13.2 Å². The number of hydrogen-bond acceptors (Lipinski definition) is 1. The average molecular weight is 243 g/mol. The Morgan fingerprint density at radius 2 is 1.71 bits per heavy atom. The topological polar surface area (TPSA) is 26.0 Å². The molecule has 17 heavy (non-hydrogen) atoms. The van der Waals surface area contributed by atoms with E-state index >= 15 is 0 Å². The van der Waals surface area contributed by atoms with Crippen LogP contribution in [-0.4, -0.2) is 12.5 Å². The molecule has 1 aromatic carbocycles. The molecule has 1 aliphatic carbocycles. The monoisotopic (exact) mass is 243 g/mol. The third kappa shape index (κ3) is 2.80. The molecular formula is C13H16F3N. The van der Waals surface area contributed by atoms with E-state index < -0.39 is 11.3 Å². The lowest BCUT2D eigenvalue weighted by Gasteiger charge is -2.47. The van der Waals surface area contributed by atoms with Gasteiger partial charge < -0.3 is 5.73 Å². The van der Waals surface area contributed by atoms with Crippen LogP contribution in [0, 0.1) is 11.2 Å². The summed E-state index contributed by atoms with van der Waals surface area (Å²) < 4.78 is 38.5. The molecule has 1 saturated carbocycles. The van der Waals surface area contributed by atoms with Gasteiger partial charge in [0.1, 0.15) is 5.82 Å². The predicted molar refractivity (Wildman–Crippen MR) is 60.4 cm³/mol. The van der Waals surface area contributed by atoms with E-state index in [0.29, 0.717) is 19.4 Å². The molecule has 0 amide bonds. The van der Waals surface area contributed by atoms with E-state index in [1.807, 2.05) is 0 Å². The zero-order valence-electron chi connectivity index (χ0n) is 9.56. The van der Waals surface area contributed by atoms with E-state index in [1.54, 1.807) is 12.1 Å². The Balaban J connectivity index is 1.91. The molecule has 0 spiro atoms. The van der Waals surface area contributed by atoms with Crippen molar-refractivity contribution in [2.75, 3.05) is 6.54 Å². The summed E-state index contributed by atoms with van der Waals surface area (Å²) in [5.74, 6) is -2.82. The van der Waals surface area contributed by atoms with Crippen molar-refractivity contribution in [1.29, 1.82) is 0 Å². The van der Waals surface area contributed by atoms with Gasteiger partial charge in [-0.25, -0.2) is 13.2 Å². The molecule has 0 bridgehead atoms. The summed E-state index contributed by atoms with van der Waals surface area (Å²) in [6.07, 6.45) is 1.09. The van der Waals surface area contributed by atoms with E-state index in [4.69, 9.17) is 5.73 Å². The molecule has 0 saturated heterocycles. The van der Waals surface area contributed by atoms with Crippen molar-refractivity contribution in [2.24, 2.45) is 11.1 Å². The smallest absolute Gasteiger partial charge is 0.249 e. The maximum Gasteiger partial charge on any atom is 0.249 e. The third-order valence-corrected chi connectivity index (χ3v) is 3.56. The van der Waals surface area contributed by atoms with Gasteiger partial charge in [0.15, 0.2) is 0 Å². The largest absolute Gasteiger partial charge is 0.330 e. The molecular weight excluding hydrogens is 227 g/mol. The van der Waals surface area contributed by atoms with Crippen molar-refractivity contribution >= 4 is 0 Å². The number of aryl methyl sites for hydroxylation is 1. The highest BCUT2D eigenvalue weighted by atomic mass is 19.3. The highest BCUT2D eigenvalue weighted by Crippen LogP contribution is 2.53. The third-order valence-electron chi connectivity index (χ3n) is 3.56. The molecule has 0 aliphatic heterocycles. The second-order valence-electron chi connectivity index (χ2n) is 5.04. The lowest BCUT2D eigenvalue weighted by atomic mass is 9.63. The van der Waals surface area contributed by atoms with Crippen LogP contribution in [0.2, 0.25) is 0 Å². The van der Waals surface area contributed by atoms with Crippen LogP contribution in [0.3, 0.4) is 0 Å². The molecule has 2 rings (SSSR count). The maximum absolute atomic E-state index is 12.9. The van der Waals surface area contributed by atoms with E-state index in [-0.39, 0.29) is 18.7 Å². The SMILES string of the molecule is NCC1(CCc2ccc(F)cc2)CC(F)(F)C1. The van der Waals surface area contributed by atoms with Crippen LogP contribution < -0.4 is 5.73 Å². The van der Waals surface area contributed by atoms with Crippen LogP contribution in [0.15, 0.2) is 24.3 Å². The fourth-order valence-electron chi connectivity index (χ4n) is 2.53. The van der Waals surface area contributed by atoms with Gasteiger partial charge in [0, 0.05) is 12.8 Å². The highest BCUT2D eigenvalue weighted by Gasteiger charge is 2.54. The standard InChI is InChI=1S/C13H16F3N/c14-11-3-1-10(2-4-11)5-6-12(9-17)7-13(15,16)8-12/h1-4H,5-9,17H2. The molecule has 1 nitrogen and oxygen atoms in total. The number of benzene rings is 1. The normalized spacial score (nSPS) is 20.9. The van der Waals surface area contributed by atoms with Crippen molar-refractivity contribution in [1.82, 2.24) is 0 Å². The second-order valence-corrected chi connectivity index (χ2v) is 5.04. The molecule has 0 radical (unpaired) electrons. The van der Waals surface area contributed by atoms with Crippen LogP contribution in [-0.2, 0) is 6.42 Å². The first-order valence-electron chi connectivity index (χ1n) is 5.77. The number of hydrogen-bond donors (Lipinski definition) is 1. The summed E-state index contributed by atoms with van der Waals surface area (Å²) in [6.45, 7) is 0.295. The second kappa shape index (κ2) is 4.33. The lowest BCUT2D eigenvalue weighted by molar-refractivity contribution is -0.159. The van der Waals surface area contributed by atoms with E-state index in [9.17, 15) is 13.2 Å². The van der Waals surface area contributed by atoms with Gasteiger partial charge in [-0.1, -0.05) is 12.1 Å². The first kappa shape index (κ1) is 12.4. The number of rotatable bonds is 4. The summed E-state index contributed by atoms with van der Waals surface area (Å²) in [7, 11) is 0. The minimum atomic E-state index is -2.54. The molecule has 0 atom stereocenters. The van der Waals surface area contributed by atoms with Gasteiger partial charge in [0.05, 0.1) is 0 Å². The van der Waals surface area contributed by atoms with Crippen molar-refractivity contribution in [3.8, 4) is 0 Å². The van der Waals surface area contributed by atoms with Crippen LogP contribution in [0.25, 0.3) is 0 Å². The Bertz CT molecular complexity index is 378. The molecule has 94 valence electrons. The molecule has 0 heterocycles. The fraction of sp³-hybridized carbons (Fsp3) is 0.538. The minimum Gasteiger partial charge on any atom is -0.330 e. The number of alkyl halides is 2. The molecule has 0 unspecified atom stereocenters. The van der Waals surface area contributed by atoms with Gasteiger partial charge in [-0.3, -0.25) is 0 Å². The van der Waals surface area contributed by atoms with Crippen molar-refractivity contribution < 1.29 is 13.2 Å². The Morgan fingerprint density at radius 3 is 2.18 bits per heavy atom. The Labute approximate surface area is 98.8 Å². The quantitative estimate of drug-likeness (QED) is 0.863. The predicted octanol–water partition coefficient (Wildman–Crippen LogP) is 3.13. The van der Waals surface area contributed by atoms with Gasteiger partial charge in [-0.15, -0.1) is 0 Å². The lowest BCUT2D eigenvalue weighted by Crippen LogP contribution is -2.50. The number of halogens is 3. The van der Waals surface area contributed by atoms with Crippen LogP contribution in [0.1, 0.15) is 24.8 Å².